The van der Waals surface area contributed by atoms with Crippen molar-refractivity contribution in [3.63, 3.8) is 0 Å². The summed E-state index contributed by atoms with van der Waals surface area (Å²) in [6, 6.07) is 12.2. The number of aliphatic imine (C=N–C) groups is 1. The average Bonchev–Trinajstić information content (AvgIpc) is 2.79. The number of nitrogens with one attached hydrogen (secondary N) is 2. The molecule has 0 aliphatic carbocycles. The Balaban J connectivity index is 1.82. The van der Waals surface area contributed by atoms with Gasteiger partial charge in [0, 0.05) is 16.9 Å². The van der Waals surface area contributed by atoms with Crippen LogP contribution in [0.25, 0.3) is 0 Å². The Morgan fingerprint density at radius 1 is 1.18 bits per heavy atom. The average molecular weight is 520 g/mol. The fourth-order valence-corrected chi connectivity index (χ4v) is 4.74. The lowest BCUT2D eigenvalue weighted by molar-refractivity contribution is -0.139. The molecule has 1 atom stereocenters. The Hall–Kier alpha value is -2.48. The van der Waals surface area contributed by atoms with Crippen LogP contribution in [0.1, 0.15) is 50.8 Å². The minimum atomic E-state index is -0.710. The number of halogens is 2. The number of benzene rings is 2. The number of hydrogen-bond donors (Lipinski definition) is 2. The lowest BCUT2D eigenvalue weighted by Gasteiger charge is -2.26. The number of allylic oxidation sites excluding steroid dienone is 1. The zero-order valence-electron chi connectivity index (χ0n) is 19.4. The van der Waals surface area contributed by atoms with Crippen molar-refractivity contribution in [3.05, 3.63) is 74.9 Å². The first-order valence-electron chi connectivity index (χ1n) is 10.9. The lowest BCUT2D eigenvalue weighted by atomic mass is 9.96. The third kappa shape index (κ3) is 6.14. The molecule has 34 heavy (non-hydrogen) atoms. The van der Waals surface area contributed by atoms with Gasteiger partial charge < -0.3 is 15.4 Å². The number of thioether (sulfide) groups is 1. The van der Waals surface area contributed by atoms with Crippen molar-refractivity contribution < 1.29 is 14.3 Å². The number of carbonyl (C=O) groups is 2. The highest BCUT2D eigenvalue weighted by Gasteiger charge is 2.32. The van der Waals surface area contributed by atoms with Crippen molar-refractivity contribution in [1.29, 1.82) is 0 Å². The number of ether oxygens (including phenoxy) is 1. The number of amidine groups is 1. The number of nitrogens with zero attached hydrogens (tertiary/aromatic N) is 1. The Labute approximate surface area is 214 Å². The van der Waals surface area contributed by atoms with Crippen LogP contribution in [0.5, 0.6) is 0 Å². The van der Waals surface area contributed by atoms with Crippen LogP contribution in [0.15, 0.2) is 58.7 Å². The number of para-hydroxylation sites is 1. The molecule has 1 aliphatic heterocycles. The van der Waals surface area contributed by atoms with Gasteiger partial charge in [0.25, 0.3) is 0 Å². The molecule has 0 bridgehead atoms. The van der Waals surface area contributed by atoms with E-state index in [4.69, 9.17) is 32.9 Å². The zero-order valence-corrected chi connectivity index (χ0v) is 21.8. The fourth-order valence-electron chi connectivity index (χ4n) is 3.59. The van der Waals surface area contributed by atoms with Crippen molar-refractivity contribution in [2.75, 3.05) is 17.7 Å². The van der Waals surface area contributed by atoms with Gasteiger partial charge in [-0.25, -0.2) is 9.79 Å². The Morgan fingerprint density at radius 2 is 1.91 bits per heavy atom. The number of anilines is 1. The van der Waals surface area contributed by atoms with Gasteiger partial charge >= 0.3 is 5.97 Å². The van der Waals surface area contributed by atoms with Gasteiger partial charge in [-0.15, -0.1) is 0 Å². The molecule has 0 saturated carbocycles. The number of carbonyl (C=O) groups excluding carboxylic acids is 2. The van der Waals surface area contributed by atoms with Crippen LogP contribution in [-0.2, 0) is 14.3 Å². The van der Waals surface area contributed by atoms with Gasteiger partial charge in [-0.3, -0.25) is 4.79 Å². The van der Waals surface area contributed by atoms with Crippen LogP contribution in [-0.4, -0.2) is 29.4 Å². The van der Waals surface area contributed by atoms with Gasteiger partial charge in [0.15, 0.2) is 5.17 Å². The maximum atomic E-state index is 12.7. The van der Waals surface area contributed by atoms with E-state index >= 15 is 0 Å². The van der Waals surface area contributed by atoms with Crippen LogP contribution in [0.2, 0.25) is 10.0 Å². The maximum Gasteiger partial charge on any atom is 0.338 e. The first kappa shape index (κ1) is 26.1. The standard InChI is InChI=1S/C25H27Cl2N3O3S/c1-5-33-24(32)21-15(4)28-25(30-23(21)17-10-8-11-18(26)22(17)27)34-13-20(31)29-19-12-7-6-9-16(19)14(2)3/h6-12,14,23H,5,13H2,1-4H3,(H,28,30)(H,29,31)/t23-/m1/s1. The molecule has 1 aliphatic rings. The first-order chi connectivity index (χ1) is 16.2. The molecule has 0 unspecified atom stereocenters. The highest BCUT2D eigenvalue weighted by molar-refractivity contribution is 8.14. The summed E-state index contributed by atoms with van der Waals surface area (Å²) in [7, 11) is 0. The number of rotatable bonds is 7. The van der Waals surface area contributed by atoms with Crippen LogP contribution < -0.4 is 10.6 Å². The van der Waals surface area contributed by atoms with E-state index in [0.717, 1.165) is 11.3 Å². The van der Waals surface area contributed by atoms with E-state index in [1.807, 2.05) is 24.3 Å². The molecule has 0 radical (unpaired) electrons. The molecular weight excluding hydrogens is 493 g/mol. The number of esters is 1. The molecular formula is C25H27Cl2N3O3S. The van der Waals surface area contributed by atoms with E-state index in [0.29, 0.717) is 32.0 Å². The third-order valence-electron chi connectivity index (χ3n) is 5.19. The minimum absolute atomic E-state index is 0.135. The van der Waals surface area contributed by atoms with E-state index in [2.05, 4.69) is 24.5 Å². The number of amides is 1. The highest BCUT2D eigenvalue weighted by Crippen LogP contribution is 2.39. The molecule has 0 saturated heterocycles. The first-order valence-corrected chi connectivity index (χ1v) is 12.6. The largest absolute Gasteiger partial charge is 0.463 e. The molecule has 2 aromatic carbocycles. The van der Waals surface area contributed by atoms with Crippen LogP contribution in [0.3, 0.4) is 0 Å². The SMILES string of the molecule is CCOC(=O)C1=C(C)NC(SCC(=O)Nc2ccccc2C(C)C)=N[C@@H]1c1cccc(Cl)c1Cl. The van der Waals surface area contributed by atoms with Gasteiger partial charge in [-0.1, -0.05) is 79.1 Å². The molecule has 1 amide bonds. The predicted molar refractivity (Wildman–Crippen MR) is 141 cm³/mol. The summed E-state index contributed by atoms with van der Waals surface area (Å²) >= 11 is 13.9. The summed E-state index contributed by atoms with van der Waals surface area (Å²) in [6.45, 7) is 7.91. The zero-order chi connectivity index (χ0) is 24.8. The van der Waals surface area contributed by atoms with Crippen molar-refractivity contribution >= 4 is 57.7 Å². The van der Waals surface area contributed by atoms with E-state index in [1.165, 1.54) is 11.8 Å². The molecule has 6 nitrogen and oxygen atoms in total. The molecule has 0 fully saturated rings. The van der Waals surface area contributed by atoms with Crippen molar-refractivity contribution in [1.82, 2.24) is 5.32 Å². The van der Waals surface area contributed by atoms with Crippen LogP contribution in [0, 0.1) is 0 Å². The summed E-state index contributed by atoms with van der Waals surface area (Å²) in [5.41, 5.74) is 3.40. The summed E-state index contributed by atoms with van der Waals surface area (Å²) in [6.07, 6.45) is 0. The normalized spacial score (nSPS) is 15.6. The molecule has 0 spiro atoms. The van der Waals surface area contributed by atoms with Crippen molar-refractivity contribution in [3.8, 4) is 0 Å². The van der Waals surface area contributed by atoms with Gasteiger partial charge in [0.1, 0.15) is 6.04 Å². The maximum absolute atomic E-state index is 12.7. The van der Waals surface area contributed by atoms with Crippen molar-refractivity contribution in [2.45, 2.75) is 39.7 Å². The van der Waals surface area contributed by atoms with E-state index in [-0.39, 0.29) is 24.2 Å². The van der Waals surface area contributed by atoms with Gasteiger partial charge in [0.05, 0.1) is 28.0 Å². The monoisotopic (exact) mass is 519 g/mol. The summed E-state index contributed by atoms with van der Waals surface area (Å²) in [5, 5.41) is 7.29. The second-order valence-electron chi connectivity index (χ2n) is 7.94. The Morgan fingerprint density at radius 3 is 2.62 bits per heavy atom. The molecule has 2 N–H and O–H groups in total. The predicted octanol–water partition coefficient (Wildman–Crippen LogP) is 6.33. The van der Waals surface area contributed by atoms with Crippen LogP contribution >= 0.6 is 35.0 Å². The smallest absolute Gasteiger partial charge is 0.338 e. The second-order valence-corrected chi connectivity index (χ2v) is 9.69. The molecule has 2 aromatic rings. The van der Waals surface area contributed by atoms with Crippen LogP contribution in [0.4, 0.5) is 5.69 Å². The van der Waals surface area contributed by atoms with Gasteiger partial charge in [0.2, 0.25) is 5.91 Å². The fraction of sp³-hybridized carbons (Fsp3) is 0.320. The third-order valence-corrected chi connectivity index (χ3v) is 6.91. The molecule has 3 rings (SSSR count). The van der Waals surface area contributed by atoms with Gasteiger partial charge in [-0.05, 0) is 37.5 Å². The summed E-state index contributed by atoms with van der Waals surface area (Å²) in [5.74, 6) is -0.219. The quantitative estimate of drug-likeness (QED) is 0.418. The summed E-state index contributed by atoms with van der Waals surface area (Å²) in [4.78, 5) is 30.1. The Kier molecular flexibility index (Phi) is 9.05. The minimum Gasteiger partial charge on any atom is -0.463 e. The molecule has 0 aromatic heterocycles. The second kappa shape index (κ2) is 11.8. The van der Waals surface area contributed by atoms with Gasteiger partial charge in [-0.2, -0.15) is 0 Å². The van der Waals surface area contributed by atoms with E-state index < -0.39 is 12.0 Å². The summed E-state index contributed by atoms with van der Waals surface area (Å²) < 4.78 is 5.25. The lowest BCUT2D eigenvalue weighted by Crippen LogP contribution is -2.31. The van der Waals surface area contributed by atoms with E-state index in [9.17, 15) is 9.59 Å². The number of hydrogen-bond acceptors (Lipinski definition) is 6. The van der Waals surface area contributed by atoms with Crippen molar-refractivity contribution in [2.24, 2.45) is 4.99 Å². The highest BCUT2D eigenvalue weighted by atomic mass is 35.5. The Bertz CT molecular complexity index is 1150. The topological polar surface area (TPSA) is 79.8 Å². The molecule has 180 valence electrons. The molecule has 1 heterocycles. The van der Waals surface area contributed by atoms with E-state index in [1.54, 1.807) is 32.0 Å². The molecule has 9 heteroatoms.